The van der Waals surface area contributed by atoms with Crippen LogP contribution in [0.25, 0.3) is 6.08 Å². The minimum Gasteiger partial charge on any atom is -0.493 e. The largest absolute Gasteiger partial charge is 0.493 e. The van der Waals surface area contributed by atoms with Crippen LogP contribution in [0.3, 0.4) is 0 Å². The fourth-order valence-corrected chi connectivity index (χ4v) is 4.38. The molecule has 0 unspecified atom stereocenters. The molecular formula is C24H14BrCl3INO4. The lowest BCUT2D eigenvalue weighted by Gasteiger charge is -2.14. The predicted molar refractivity (Wildman–Crippen MR) is 146 cm³/mol. The van der Waals surface area contributed by atoms with Crippen LogP contribution in [0, 0.1) is 3.57 Å². The Morgan fingerprint density at radius 3 is 2.56 bits per heavy atom. The molecule has 3 aromatic rings. The monoisotopic (exact) mass is 691 g/mol. The van der Waals surface area contributed by atoms with Gasteiger partial charge < -0.3 is 14.2 Å². The molecule has 4 rings (SSSR count). The van der Waals surface area contributed by atoms with Gasteiger partial charge in [-0.3, -0.25) is 0 Å². The summed E-state index contributed by atoms with van der Waals surface area (Å²) >= 11 is 24.2. The molecule has 0 fully saturated rings. The number of nitrogens with zero attached hydrogens (tertiary/aromatic N) is 1. The van der Waals surface area contributed by atoms with E-state index in [1.807, 2.05) is 18.2 Å². The molecule has 1 aliphatic rings. The van der Waals surface area contributed by atoms with Gasteiger partial charge in [-0.25, -0.2) is 9.79 Å². The Balaban J connectivity index is 1.59. The van der Waals surface area contributed by atoms with E-state index in [0.29, 0.717) is 37.7 Å². The topological polar surface area (TPSA) is 57.1 Å². The Labute approximate surface area is 232 Å². The summed E-state index contributed by atoms with van der Waals surface area (Å²) in [6, 6.07) is 14.2. The highest BCUT2D eigenvalue weighted by molar-refractivity contribution is 14.1. The van der Waals surface area contributed by atoms with Gasteiger partial charge in [-0.1, -0.05) is 40.9 Å². The Hall–Kier alpha value is -1.78. The quantitative estimate of drug-likeness (QED) is 0.150. The SMILES string of the molecule is COc1cc(/C=C2\N=C(c3ccc(I)c(Br)c3)OC2=O)cc(Cl)c1OCc1ccc(Cl)c(Cl)c1. The van der Waals surface area contributed by atoms with Crippen LogP contribution in [0.5, 0.6) is 11.5 Å². The number of hydrogen-bond acceptors (Lipinski definition) is 5. The molecule has 10 heteroatoms. The average molecular weight is 694 g/mol. The smallest absolute Gasteiger partial charge is 0.363 e. The molecule has 0 aromatic heterocycles. The maximum Gasteiger partial charge on any atom is 0.363 e. The summed E-state index contributed by atoms with van der Waals surface area (Å²) < 4.78 is 18.6. The number of aliphatic imine (C=N–C) groups is 1. The van der Waals surface area contributed by atoms with Gasteiger partial charge >= 0.3 is 5.97 Å². The summed E-state index contributed by atoms with van der Waals surface area (Å²) in [5, 5.41) is 1.21. The molecule has 0 saturated carbocycles. The number of carbonyl (C=O) groups excluding carboxylic acids is 1. The number of benzene rings is 3. The highest BCUT2D eigenvalue weighted by atomic mass is 127. The predicted octanol–water partition coefficient (Wildman–Crippen LogP) is 7.95. The van der Waals surface area contributed by atoms with E-state index in [2.05, 4.69) is 43.5 Å². The van der Waals surface area contributed by atoms with Crippen LogP contribution in [-0.2, 0) is 16.1 Å². The number of methoxy groups -OCH3 is 1. The second kappa shape index (κ2) is 10.9. The first-order valence-corrected chi connectivity index (χ1v) is 12.7. The van der Waals surface area contributed by atoms with Gasteiger partial charge in [0.25, 0.3) is 0 Å². The van der Waals surface area contributed by atoms with E-state index in [9.17, 15) is 4.79 Å². The normalized spacial score (nSPS) is 14.2. The molecule has 0 amide bonds. The van der Waals surface area contributed by atoms with Crippen molar-refractivity contribution in [3.8, 4) is 11.5 Å². The molecule has 0 radical (unpaired) electrons. The number of rotatable bonds is 6. The van der Waals surface area contributed by atoms with Crippen molar-refractivity contribution in [2.75, 3.05) is 7.11 Å². The van der Waals surface area contributed by atoms with Crippen LogP contribution < -0.4 is 9.47 Å². The number of halogens is 5. The second-order valence-corrected chi connectivity index (χ2v) is 10.3. The first-order valence-electron chi connectivity index (χ1n) is 9.67. The molecule has 1 aliphatic heterocycles. The summed E-state index contributed by atoms with van der Waals surface area (Å²) in [4.78, 5) is 16.8. The fourth-order valence-electron chi connectivity index (χ4n) is 3.07. The first-order chi connectivity index (χ1) is 16.2. The van der Waals surface area contributed by atoms with Gasteiger partial charge in [-0.05, 0) is 98.2 Å². The van der Waals surface area contributed by atoms with Crippen molar-refractivity contribution in [3.05, 3.63) is 94.0 Å². The van der Waals surface area contributed by atoms with Gasteiger partial charge in [-0.2, -0.15) is 0 Å². The summed E-state index contributed by atoms with van der Waals surface area (Å²) in [6.45, 7) is 0.207. The van der Waals surface area contributed by atoms with Crippen LogP contribution in [-0.4, -0.2) is 19.0 Å². The number of esters is 1. The minimum atomic E-state index is -0.556. The number of carbonyl (C=O) groups is 1. The van der Waals surface area contributed by atoms with Crippen LogP contribution in [0.1, 0.15) is 16.7 Å². The first kappa shape index (κ1) is 25.3. The van der Waals surface area contributed by atoms with Crippen molar-refractivity contribution < 1.29 is 19.0 Å². The van der Waals surface area contributed by atoms with Crippen molar-refractivity contribution in [1.29, 1.82) is 0 Å². The van der Waals surface area contributed by atoms with Gasteiger partial charge in [0.2, 0.25) is 5.90 Å². The van der Waals surface area contributed by atoms with E-state index in [1.54, 1.807) is 36.4 Å². The van der Waals surface area contributed by atoms with Crippen LogP contribution in [0.2, 0.25) is 15.1 Å². The number of ether oxygens (including phenoxy) is 3. The van der Waals surface area contributed by atoms with Crippen molar-refractivity contribution in [1.82, 2.24) is 0 Å². The van der Waals surface area contributed by atoms with Crippen molar-refractivity contribution in [2.24, 2.45) is 4.99 Å². The van der Waals surface area contributed by atoms with Crippen LogP contribution in [0.4, 0.5) is 0 Å². The molecule has 0 bridgehead atoms. The van der Waals surface area contributed by atoms with Gasteiger partial charge in [0.1, 0.15) is 6.61 Å². The van der Waals surface area contributed by atoms with Gasteiger partial charge in [-0.15, -0.1) is 0 Å². The lowest BCUT2D eigenvalue weighted by molar-refractivity contribution is -0.129. The molecular weight excluding hydrogens is 679 g/mol. The van der Waals surface area contributed by atoms with Gasteiger partial charge in [0.05, 0.1) is 22.2 Å². The summed E-state index contributed by atoms with van der Waals surface area (Å²) in [7, 11) is 1.50. The zero-order valence-corrected chi connectivity index (χ0v) is 23.4. The van der Waals surface area contributed by atoms with Crippen molar-refractivity contribution >= 4 is 91.3 Å². The van der Waals surface area contributed by atoms with Gasteiger partial charge in [0, 0.05) is 13.6 Å². The van der Waals surface area contributed by atoms with Crippen LogP contribution >= 0.6 is 73.3 Å². The molecule has 5 nitrogen and oxygen atoms in total. The Morgan fingerprint density at radius 1 is 1.06 bits per heavy atom. The lowest BCUT2D eigenvalue weighted by Crippen LogP contribution is -2.05. The number of hydrogen-bond donors (Lipinski definition) is 0. The van der Waals surface area contributed by atoms with E-state index in [-0.39, 0.29) is 18.2 Å². The van der Waals surface area contributed by atoms with E-state index < -0.39 is 5.97 Å². The number of cyclic esters (lactones) is 1. The van der Waals surface area contributed by atoms with Gasteiger partial charge in [0.15, 0.2) is 17.2 Å². The third-order valence-electron chi connectivity index (χ3n) is 4.71. The molecule has 0 spiro atoms. The minimum absolute atomic E-state index is 0.146. The standard InChI is InChI=1S/C24H14BrCl3INO4/c1-32-21-9-13(7-18(28)22(21)33-11-12-2-4-16(26)17(27)6-12)8-20-24(31)34-23(30-20)14-3-5-19(29)15(25)10-14/h2-10H,11H2,1H3/b20-8-. The molecule has 0 saturated heterocycles. The molecule has 3 aromatic carbocycles. The summed E-state index contributed by atoms with van der Waals surface area (Å²) in [5.41, 5.74) is 2.25. The molecule has 0 aliphatic carbocycles. The average Bonchev–Trinajstić information content (AvgIpc) is 3.17. The Bertz CT molecular complexity index is 1360. The Morgan fingerprint density at radius 2 is 1.85 bits per heavy atom. The highest BCUT2D eigenvalue weighted by Crippen LogP contribution is 2.38. The molecule has 34 heavy (non-hydrogen) atoms. The van der Waals surface area contributed by atoms with Crippen molar-refractivity contribution in [2.45, 2.75) is 6.61 Å². The van der Waals surface area contributed by atoms with Crippen LogP contribution in [0.15, 0.2) is 63.7 Å². The van der Waals surface area contributed by atoms with E-state index in [1.165, 1.54) is 7.11 Å². The lowest BCUT2D eigenvalue weighted by atomic mass is 10.1. The maximum atomic E-state index is 12.4. The summed E-state index contributed by atoms with van der Waals surface area (Å²) in [5.74, 6) is 0.434. The molecule has 0 atom stereocenters. The van der Waals surface area contributed by atoms with E-state index in [0.717, 1.165) is 13.6 Å². The molecule has 1 heterocycles. The second-order valence-electron chi connectivity index (χ2n) is 7.04. The molecule has 0 N–H and O–H groups in total. The van der Waals surface area contributed by atoms with E-state index in [4.69, 9.17) is 49.0 Å². The third-order valence-corrected chi connectivity index (χ3v) is 8.07. The highest BCUT2D eigenvalue weighted by Gasteiger charge is 2.25. The maximum absolute atomic E-state index is 12.4. The fraction of sp³-hybridized carbons (Fsp3) is 0.0833. The zero-order chi connectivity index (χ0) is 24.4. The summed E-state index contributed by atoms with van der Waals surface area (Å²) in [6.07, 6.45) is 1.58. The molecule has 174 valence electrons. The van der Waals surface area contributed by atoms with E-state index >= 15 is 0 Å². The zero-order valence-electron chi connectivity index (χ0n) is 17.4. The van der Waals surface area contributed by atoms with Crippen molar-refractivity contribution in [3.63, 3.8) is 0 Å². The Kier molecular flexibility index (Phi) is 8.09. The third kappa shape index (κ3) is 5.71.